The van der Waals surface area contributed by atoms with Crippen molar-refractivity contribution in [1.29, 1.82) is 0 Å². The number of nitrogens with one attached hydrogen (secondary N) is 1. The second-order valence-corrected chi connectivity index (χ2v) is 4.82. The van der Waals surface area contributed by atoms with E-state index in [4.69, 9.17) is 4.74 Å². The fourth-order valence-corrected chi connectivity index (χ4v) is 2.60. The Morgan fingerprint density at radius 3 is 2.68 bits per heavy atom. The van der Waals surface area contributed by atoms with Crippen molar-refractivity contribution in [2.75, 3.05) is 23.9 Å². The molecule has 2 atom stereocenters. The predicted molar refractivity (Wildman–Crippen MR) is 75.8 cm³/mol. The summed E-state index contributed by atoms with van der Waals surface area (Å²) in [5.41, 5.74) is 0. The molecule has 106 valence electrons. The molecular weight excluding hydrogens is 242 g/mol. The van der Waals surface area contributed by atoms with Crippen LogP contribution in [0, 0.1) is 0 Å². The molecule has 19 heavy (non-hydrogen) atoms. The molecule has 1 fully saturated rings. The van der Waals surface area contributed by atoms with Gasteiger partial charge in [0.15, 0.2) is 0 Å². The number of hydrogen-bond donors (Lipinski definition) is 1. The molecule has 0 aromatic carbocycles. The second-order valence-electron chi connectivity index (χ2n) is 4.82. The third kappa shape index (κ3) is 2.88. The first kappa shape index (κ1) is 13.8. The van der Waals surface area contributed by atoms with Crippen LogP contribution < -0.4 is 15.0 Å². The van der Waals surface area contributed by atoms with Crippen LogP contribution in [0.1, 0.15) is 40.0 Å². The van der Waals surface area contributed by atoms with Crippen LogP contribution in [0.3, 0.4) is 0 Å². The van der Waals surface area contributed by atoms with Gasteiger partial charge >= 0.3 is 6.01 Å². The second kappa shape index (κ2) is 6.04. The minimum absolute atomic E-state index is 0.394. The Morgan fingerprint density at radius 2 is 2.05 bits per heavy atom. The number of ether oxygens (including phenoxy) is 1. The monoisotopic (exact) mass is 265 g/mol. The van der Waals surface area contributed by atoms with Crippen LogP contribution in [0.25, 0.3) is 0 Å². The fourth-order valence-electron chi connectivity index (χ4n) is 2.60. The van der Waals surface area contributed by atoms with Crippen LogP contribution in [-0.2, 0) is 0 Å². The normalized spacial score (nSPS) is 22.6. The smallest absolute Gasteiger partial charge is 0.323 e. The van der Waals surface area contributed by atoms with Crippen molar-refractivity contribution in [3.63, 3.8) is 0 Å². The average Bonchev–Trinajstić information content (AvgIpc) is 2.79. The summed E-state index contributed by atoms with van der Waals surface area (Å²) in [6, 6.07) is 1.37. The van der Waals surface area contributed by atoms with Crippen molar-refractivity contribution in [2.45, 2.75) is 52.1 Å². The Labute approximate surface area is 114 Å². The zero-order chi connectivity index (χ0) is 13.8. The molecule has 2 unspecified atom stereocenters. The van der Waals surface area contributed by atoms with E-state index in [1.165, 1.54) is 12.8 Å². The van der Waals surface area contributed by atoms with Gasteiger partial charge in [0.25, 0.3) is 0 Å². The minimum Gasteiger partial charge on any atom is -0.464 e. The highest BCUT2D eigenvalue weighted by Gasteiger charge is 2.32. The third-order valence-electron chi connectivity index (χ3n) is 3.59. The quantitative estimate of drug-likeness (QED) is 0.879. The highest BCUT2D eigenvalue weighted by Crippen LogP contribution is 2.30. The van der Waals surface area contributed by atoms with E-state index in [-0.39, 0.29) is 0 Å². The number of hydrogen-bond acceptors (Lipinski definition) is 6. The fraction of sp³-hybridized carbons (Fsp3) is 0.769. The summed E-state index contributed by atoms with van der Waals surface area (Å²) in [4.78, 5) is 15.4. The minimum atomic E-state index is 0.394. The van der Waals surface area contributed by atoms with Crippen LogP contribution in [0.15, 0.2) is 0 Å². The SMILES string of the molecule is CCOc1nc(NC)nc(N2C(C)CCC2CC)n1. The van der Waals surface area contributed by atoms with Gasteiger partial charge in [0.1, 0.15) is 0 Å². The first-order valence-electron chi connectivity index (χ1n) is 7.04. The lowest BCUT2D eigenvalue weighted by Gasteiger charge is -2.28. The maximum absolute atomic E-state index is 5.42. The van der Waals surface area contributed by atoms with E-state index in [1.54, 1.807) is 7.05 Å². The summed E-state index contributed by atoms with van der Waals surface area (Å²) in [6.45, 7) is 6.91. The summed E-state index contributed by atoms with van der Waals surface area (Å²) in [7, 11) is 1.81. The predicted octanol–water partition coefficient (Wildman–Crippen LogP) is 2.08. The van der Waals surface area contributed by atoms with Gasteiger partial charge in [-0.05, 0) is 33.1 Å². The molecule has 1 aromatic heterocycles. The summed E-state index contributed by atoms with van der Waals surface area (Å²) < 4.78 is 5.42. The average molecular weight is 265 g/mol. The molecule has 0 spiro atoms. The standard InChI is InChI=1S/C13H23N5O/c1-5-10-8-7-9(3)18(10)12-15-11(14-4)16-13(17-12)19-6-2/h9-10H,5-8H2,1-4H3,(H,14,15,16,17). The molecule has 0 saturated carbocycles. The van der Waals surface area contributed by atoms with Crippen LogP contribution >= 0.6 is 0 Å². The maximum Gasteiger partial charge on any atom is 0.323 e. The van der Waals surface area contributed by atoms with Crippen molar-refractivity contribution in [1.82, 2.24) is 15.0 Å². The van der Waals surface area contributed by atoms with Gasteiger partial charge in [0.2, 0.25) is 11.9 Å². The number of rotatable bonds is 5. The van der Waals surface area contributed by atoms with Gasteiger partial charge in [-0.2, -0.15) is 15.0 Å². The maximum atomic E-state index is 5.42. The van der Waals surface area contributed by atoms with Crippen molar-refractivity contribution < 1.29 is 4.74 Å². The lowest BCUT2D eigenvalue weighted by Crippen LogP contribution is -2.35. The Bertz CT molecular complexity index is 425. The molecule has 1 saturated heterocycles. The van der Waals surface area contributed by atoms with Crippen molar-refractivity contribution in [3.8, 4) is 6.01 Å². The number of anilines is 2. The summed E-state index contributed by atoms with van der Waals surface area (Å²) in [5.74, 6) is 1.28. The number of nitrogens with zero attached hydrogens (tertiary/aromatic N) is 4. The molecule has 1 aliphatic heterocycles. The Morgan fingerprint density at radius 1 is 1.26 bits per heavy atom. The molecule has 2 rings (SSSR count). The lowest BCUT2D eigenvalue weighted by molar-refractivity contribution is 0.311. The van der Waals surface area contributed by atoms with Gasteiger partial charge in [-0.1, -0.05) is 6.92 Å². The lowest BCUT2D eigenvalue weighted by atomic mass is 10.2. The molecule has 6 heteroatoms. The van der Waals surface area contributed by atoms with E-state index in [1.807, 2.05) is 6.92 Å². The Balaban J connectivity index is 2.34. The molecule has 0 bridgehead atoms. The molecule has 1 N–H and O–H groups in total. The van der Waals surface area contributed by atoms with Gasteiger partial charge in [0.05, 0.1) is 6.61 Å². The third-order valence-corrected chi connectivity index (χ3v) is 3.59. The summed E-state index contributed by atoms with van der Waals surface area (Å²) >= 11 is 0. The van der Waals surface area contributed by atoms with Crippen LogP contribution in [0.4, 0.5) is 11.9 Å². The van der Waals surface area contributed by atoms with E-state index in [0.717, 1.165) is 12.4 Å². The highest BCUT2D eigenvalue weighted by atomic mass is 16.5. The summed E-state index contributed by atoms with van der Waals surface area (Å²) in [6.07, 6.45) is 3.49. The zero-order valence-corrected chi connectivity index (χ0v) is 12.2. The molecule has 1 aliphatic rings. The first-order chi connectivity index (χ1) is 9.19. The molecule has 0 aliphatic carbocycles. The van der Waals surface area contributed by atoms with Gasteiger partial charge in [-0.3, -0.25) is 0 Å². The van der Waals surface area contributed by atoms with E-state index >= 15 is 0 Å². The van der Waals surface area contributed by atoms with E-state index < -0.39 is 0 Å². The van der Waals surface area contributed by atoms with Gasteiger partial charge in [0, 0.05) is 19.1 Å². The number of aromatic nitrogens is 3. The van der Waals surface area contributed by atoms with Gasteiger partial charge in [-0.15, -0.1) is 0 Å². The van der Waals surface area contributed by atoms with Crippen molar-refractivity contribution in [3.05, 3.63) is 0 Å². The van der Waals surface area contributed by atoms with Gasteiger partial charge in [-0.25, -0.2) is 0 Å². The Kier molecular flexibility index (Phi) is 4.39. The van der Waals surface area contributed by atoms with E-state index in [9.17, 15) is 0 Å². The molecular formula is C13H23N5O. The van der Waals surface area contributed by atoms with E-state index in [0.29, 0.717) is 30.6 Å². The highest BCUT2D eigenvalue weighted by molar-refractivity contribution is 5.41. The Hall–Kier alpha value is -1.59. The van der Waals surface area contributed by atoms with Gasteiger partial charge < -0.3 is 15.0 Å². The van der Waals surface area contributed by atoms with Crippen molar-refractivity contribution >= 4 is 11.9 Å². The largest absolute Gasteiger partial charge is 0.464 e. The first-order valence-corrected chi connectivity index (χ1v) is 7.04. The van der Waals surface area contributed by atoms with Crippen LogP contribution in [-0.4, -0.2) is 40.7 Å². The van der Waals surface area contributed by atoms with Crippen LogP contribution in [0.2, 0.25) is 0 Å². The summed E-state index contributed by atoms with van der Waals surface area (Å²) in [5, 5.41) is 2.97. The van der Waals surface area contributed by atoms with Crippen molar-refractivity contribution in [2.24, 2.45) is 0 Å². The van der Waals surface area contributed by atoms with E-state index in [2.05, 4.69) is 39.0 Å². The zero-order valence-electron chi connectivity index (χ0n) is 12.2. The molecule has 1 aromatic rings. The molecule has 0 amide bonds. The molecule has 6 nitrogen and oxygen atoms in total. The van der Waals surface area contributed by atoms with Crippen LogP contribution in [0.5, 0.6) is 6.01 Å². The molecule has 2 heterocycles. The topological polar surface area (TPSA) is 63.2 Å². The molecule has 0 radical (unpaired) electrons.